The zero-order chi connectivity index (χ0) is 14.4. The van der Waals surface area contributed by atoms with Gasteiger partial charge in [0, 0.05) is 11.3 Å². The highest BCUT2D eigenvalue weighted by molar-refractivity contribution is 5.48. The van der Waals surface area contributed by atoms with Crippen molar-refractivity contribution < 1.29 is 14.2 Å². The third kappa shape index (κ3) is 3.48. The minimum atomic E-state index is -0.348. The Balaban J connectivity index is 2.24. The normalized spacial score (nSPS) is 11.9. The molecule has 0 aliphatic rings. The predicted molar refractivity (Wildman–Crippen MR) is 77.5 cm³/mol. The second-order valence-electron chi connectivity index (χ2n) is 4.36. The van der Waals surface area contributed by atoms with Gasteiger partial charge in [-0.1, -0.05) is 24.3 Å². The summed E-state index contributed by atoms with van der Waals surface area (Å²) in [6.07, 6.45) is 0. The van der Waals surface area contributed by atoms with E-state index in [1.165, 1.54) is 12.1 Å². The van der Waals surface area contributed by atoms with Crippen LogP contribution in [-0.2, 0) is 0 Å². The van der Waals surface area contributed by atoms with E-state index in [1.807, 2.05) is 31.2 Å². The molecule has 0 aromatic heterocycles. The van der Waals surface area contributed by atoms with Crippen molar-refractivity contribution in [2.75, 3.05) is 18.5 Å². The largest absolute Gasteiger partial charge is 0.494 e. The highest BCUT2D eigenvalue weighted by Gasteiger charge is 2.15. The molecular formula is C16H18FNO2. The average molecular weight is 275 g/mol. The summed E-state index contributed by atoms with van der Waals surface area (Å²) in [5.74, 6) is 0.405. The van der Waals surface area contributed by atoms with E-state index < -0.39 is 0 Å². The number of aliphatic hydroxyl groups is 1. The van der Waals surface area contributed by atoms with Gasteiger partial charge in [0.1, 0.15) is 11.6 Å². The van der Waals surface area contributed by atoms with E-state index in [0.717, 1.165) is 11.3 Å². The lowest BCUT2D eigenvalue weighted by molar-refractivity contribution is 0.270. The summed E-state index contributed by atoms with van der Waals surface area (Å²) in [4.78, 5) is 0. The van der Waals surface area contributed by atoms with Crippen molar-refractivity contribution in [3.63, 3.8) is 0 Å². The Morgan fingerprint density at radius 2 is 2.00 bits per heavy atom. The number of nitrogens with one attached hydrogen (secondary N) is 1. The van der Waals surface area contributed by atoms with Gasteiger partial charge in [0.15, 0.2) is 0 Å². The maximum Gasteiger partial charge on any atom is 0.125 e. The van der Waals surface area contributed by atoms with Gasteiger partial charge in [0.05, 0.1) is 19.3 Å². The Labute approximate surface area is 118 Å². The van der Waals surface area contributed by atoms with Crippen LogP contribution in [0.5, 0.6) is 5.75 Å². The van der Waals surface area contributed by atoms with Crippen molar-refractivity contribution >= 4 is 5.69 Å². The number of hydrogen-bond donors (Lipinski definition) is 2. The zero-order valence-electron chi connectivity index (χ0n) is 11.3. The van der Waals surface area contributed by atoms with Gasteiger partial charge in [-0.05, 0) is 31.2 Å². The van der Waals surface area contributed by atoms with Gasteiger partial charge < -0.3 is 15.2 Å². The maximum atomic E-state index is 13.2. The molecule has 106 valence electrons. The first-order valence-electron chi connectivity index (χ1n) is 6.59. The molecule has 0 amide bonds. The molecule has 0 spiro atoms. The van der Waals surface area contributed by atoms with Gasteiger partial charge in [-0.2, -0.15) is 0 Å². The Hall–Kier alpha value is -2.07. The summed E-state index contributed by atoms with van der Waals surface area (Å²) in [5.41, 5.74) is 1.47. The van der Waals surface area contributed by atoms with Crippen LogP contribution in [0.15, 0.2) is 48.5 Å². The quantitative estimate of drug-likeness (QED) is 0.849. The number of rotatable bonds is 6. The monoisotopic (exact) mass is 275 g/mol. The first-order chi connectivity index (χ1) is 9.74. The van der Waals surface area contributed by atoms with Crippen molar-refractivity contribution in [3.8, 4) is 5.75 Å². The summed E-state index contributed by atoms with van der Waals surface area (Å²) in [6, 6.07) is 13.3. The Morgan fingerprint density at radius 3 is 2.70 bits per heavy atom. The van der Waals surface area contributed by atoms with E-state index in [1.54, 1.807) is 12.1 Å². The Morgan fingerprint density at radius 1 is 1.20 bits per heavy atom. The van der Waals surface area contributed by atoms with Gasteiger partial charge >= 0.3 is 0 Å². The topological polar surface area (TPSA) is 41.5 Å². The van der Waals surface area contributed by atoms with E-state index >= 15 is 0 Å². The van der Waals surface area contributed by atoms with E-state index in [0.29, 0.717) is 12.3 Å². The minimum Gasteiger partial charge on any atom is -0.494 e. The molecule has 3 nitrogen and oxygen atoms in total. The average Bonchev–Trinajstić information content (AvgIpc) is 2.46. The summed E-state index contributed by atoms with van der Waals surface area (Å²) in [7, 11) is 0. The first-order valence-corrected chi connectivity index (χ1v) is 6.59. The maximum absolute atomic E-state index is 13.2. The van der Waals surface area contributed by atoms with Crippen LogP contribution in [0.4, 0.5) is 10.1 Å². The van der Waals surface area contributed by atoms with Crippen molar-refractivity contribution in [1.82, 2.24) is 0 Å². The highest BCUT2D eigenvalue weighted by atomic mass is 19.1. The van der Waals surface area contributed by atoms with Crippen LogP contribution in [0.3, 0.4) is 0 Å². The molecule has 2 N–H and O–H groups in total. The first kappa shape index (κ1) is 14.3. The SMILES string of the molecule is CCOc1ccccc1C(CO)Nc1cccc(F)c1. The second-order valence-corrected chi connectivity index (χ2v) is 4.36. The molecule has 0 aliphatic carbocycles. The van der Waals surface area contributed by atoms with Gasteiger partial charge in [0.25, 0.3) is 0 Å². The number of anilines is 1. The minimum absolute atomic E-state index is 0.111. The van der Waals surface area contributed by atoms with Crippen LogP contribution < -0.4 is 10.1 Å². The highest BCUT2D eigenvalue weighted by Crippen LogP contribution is 2.28. The molecular weight excluding hydrogens is 257 g/mol. The molecule has 20 heavy (non-hydrogen) atoms. The standard InChI is InChI=1S/C16H18FNO2/c1-2-20-16-9-4-3-8-14(16)15(11-19)18-13-7-5-6-12(17)10-13/h3-10,15,18-19H,2,11H2,1H3. The lowest BCUT2D eigenvalue weighted by atomic mass is 10.1. The molecule has 2 aromatic carbocycles. The molecule has 0 bridgehead atoms. The molecule has 0 saturated carbocycles. The number of hydrogen-bond acceptors (Lipinski definition) is 3. The van der Waals surface area contributed by atoms with E-state index in [4.69, 9.17) is 4.74 Å². The molecule has 2 aromatic rings. The number of para-hydroxylation sites is 1. The van der Waals surface area contributed by atoms with E-state index in [2.05, 4.69) is 5.32 Å². The van der Waals surface area contributed by atoms with E-state index in [-0.39, 0.29) is 18.5 Å². The molecule has 2 rings (SSSR count). The van der Waals surface area contributed by atoms with Crippen LogP contribution >= 0.6 is 0 Å². The Kier molecular flexibility index (Phi) is 4.96. The summed E-state index contributed by atoms with van der Waals surface area (Å²) >= 11 is 0. The molecule has 0 fully saturated rings. The second kappa shape index (κ2) is 6.91. The fraction of sp³-hybridized carbons (Fsp3) is 0.250. The molecule has 1 atom stereocenters. The van der Waals surface area contributed by atoms with Crippen LogP contribution in [0, 0.1) is 5.82 Å². The molecule has 1 unspecified atom stereocenters. The van der Waals surface area contributed by atoms with Crippen LogP contribution in [0.1, 0.15) is 18.5 Å². The van der Waals surface area contributed by atoms with Crippen molar-refractivity contribution in [1.29, 1.82) is 0 Å². The van der Waals surface area contributed by atoms with Crippen LogP contribution in [0.25, 0.3) is 0 Å². The number of ether oxygens (including phenoxy) is 1. The third-order valence-electron chi connectivity index (χ3n) is 2.94. The van der Waals surface area contributed by atoms with Crippen LogP contribution in [0.2, 0.25) is 0 Å². The van der Waals surface area contributed by atoms with Gasteiger partial charge in [-0.15, -0.1) is 0 Å². The summed E-state index contributed by atoms with van der Waals surface area (Å²) in [5, 5.41) is 12.7. The fourth-order valence-electron chi connectivity index (χ4n) is 2.06. The van der Waals surface area contributed by atoms with Gasteiger partial charge in [0.2, 0.25) is 0 Å². The van der Waals surface area contributed by atoms with Crippen molar-refractivity contribution in [3.05, 3.63) is 59.9 Å². The molecule has 4 heteroatoms. The molecule has 0 heterocycles. The third-order valence-corrected chi connectivity index (χ3v) is 2.94. The number of aliphatic hydroxyl groups excluding tert-OH is 1. The molecule has 0 radical (unpaired) electrons. The van der Waals surface area contributed by atoms with Crippen molar-refractivity contribution in [2.24, 2.45) is 0 Å². The molecule has 0 saturated heterocycles. The summed E-state index contributed by atoms with van der Waals surface area (Å²) < 4.78 is 18.8. The van der Waals surface area contributed by atoms with E-state index in [9.17, 15) is 9.50 Å². The zero-order valence-corrected chi connectivity index (χ0v) is 11.3. The van der Waals surface area contributed by atoms with Crippen molar-refractivity contribution in [2.45, 2.75) is 13.0 Å². The summed E-state index contributed by atoms with van der Waals surface area (Å²) in [6.45, 7) is 2.35. The lowest BCUT2D eigenvalue weighted by Crippen LogP contribution is -2.16. The predicted octanol–water partition coefficient (Wildman–Crippen LogP) is 3.37. The lowest BCUT2D eigenvalue weighted by Gasteiger charge is -2.20. The van der Waals surface area contributed by atoms with Gasteiger partial charge in [-0.3, -0.25) is 0 Å². The molecule has 0 aliphatic heterocycles. The van der Waals surface area contributed by atoms with Crippen LogP contribution in [-0.4, -0.2) is 18.3 Å². The fourth-order valence-corrected chi connectivity index (χ4v) is 2.06. The smallest absolute Gasteiger partial charge is 0.125 e. The van der Waals surface area contributed by atoms with Gasteiger partial charge in [-0.25, -0.2) is 4.39 Å². The number of halogens is 1. The Bertz CT molecular complexity index is 560. The number of benzene rings is 2.